The summed E-state index contributed by atoms with van der Waals surface area (Å²) in [6.07, 6.45) is 3.64. The van der Waals surface area contributed by atoms with Gasteiger partial charge in [0.15, 0.2) is 0 Å². The standard InChI is InChI=1S/C11H21NO2S/c1-4-9(11(13)14-3)6-7-15-8-10(12)5-2/h6,10H,4-5,7-8,12H2,1-3H3. The quantitative estimate of drug-likeness (QED) is 0.413. The van der Waals surface area contributed by atoms with Crippen molar-refractivity contribution in [3.8, 4) is 0 Å². The minimum Gasteiger partial charge on any atom is -0.466 e. The lowest BCUT2D eigenvalue weighted by Crippen LogP contribution is -2.21. The Morgan fingerprint density at radius 1 is 1.53 bits per heavy atom. The molecule has 3 nitrogen and oxygen atoms in total. The number of nitrogens with two attached hydrogens (primary N) is 1. The third-order valence-corrected chi connectivity index (χ3v) is 3.20. The Kier molecular flexibility index (Phi) is 8.52. The molecule has 0 aliphatic carbocycles. The largest absolute Gasteiger partial charge is 0.466 e. The van der Waals surface area contributed by atoms with Crippen LogP contribution in [0.1, 0.15) is 26.7 Å². The van der Waals surface area contributed by atoms with Crippen LogP contribution in [0.3, 0.4) is 0 Å². The Balaban J connectivity index is 3.86. The molecule has 0 aromatic carbocycles. The van der Waals surface area contributed by atoms with Gasteiger partial charge in [-0.25, -0.2) is 4.79 Å². The topological polar surface area (TPSA) is 52.3 Å². The number of carbonyl (C=O) groups is 1. The molecule has 0 aromatic heterocycles. The van der Waals surface area contributed by atoms with Crippen LogP contribution < -0.4 is 5.73 Å². The lowest BCUT2D eigenvalue weighted by atomic mass is 10.2. The molecule has 0 saturated heterocycles. The summed E-state index contributed by atoms with van der Waals surface area (Å²) in [5.74, 6) is 1.54. The first kappa shape index (κ1) is 14.5. The van der Waals surface area contributed by atoms with Crippen LogP contribution in [0.5, 0.6) is 0 Å². The molecule has 0 saturated carbocycles. The molecule has 88 valence electrons. The minimum atomic E-state index is -0.224. The Hall–Kier alpha value is -0.480. The number of hydrogen-bond acceptors (Lipinski definition) is 4. The molecule has 0 spiro atoms. The summed E-state index contributed by atoms with van der Waals surface area (Å²) in [4.78, 5) is 11.2. The summed E-state index contributed by atoms with van der Waals surface area (Å²) in [7, 11) is 1.41. The van der Waals surface area contributed by atoms with Gasteiger partial charge in [-0.2, -0.15) is 11.8 Å². The van der Waals surface area contributed by atoms with Crippen molar-refractivity contribution in [2.45, 2.75) is 32.7 Å². The highest BCUT2D eigenvalue weighted by atomic mass is 32.2. The van der Waals surface area contributed by atoms with Gasteiger partial charge in [0.25, 0.3) is 0 Å². The lowest BCUT2D eigenvalue weighted by molar-refractivity contribution is -0.136. The van der Waals surface area contributed by atoms with E-state index in [-0.39, 0.29) is 12.0 Å². The minimum absolute atomic E-state index is 0.224. The maximum atomic E-state index is 11.2. The monoisotopic (exact) mass is 231 g/mol. The second kappa shape index (κ2) is 8.80. The fourth-order valence-electron chi connectivity index (χ4n) is 1.000. The summed E-state index contributed by atoms with van der Waals surface area (Å²) in [6, 6.07) is 0.256. The fourth-order valence-corrected chi connectivity index (χ4v) is 1.99. The van der Waals surface area contributed by atoms with Crippen LogP contribution in [0.4, 0.5) is 0 Å². The number of thioether (sulfide) groups is 1. The lowest BCUT2D eigenvalue weighted by Gasteiger charge is -2.06. The van der Waals surface area contributed by atoms with Crippen molar-refractivity contribution in [3.63, 3.8) is 0 Å². The average molecular weight is 231 g/mol. The van der Waals surface area contributed by atoms with Crippen molar-refractivity contribution in [2.75, 3.05) is 18.6 Å². The van der Waals surface area contributed by atoms with Crippen LogP contribution in [-0.2, 0) is 9.53 Å². The number of ether oxygens (including phenoxy) is 1. The van der Waals surface area contributed by atoms with E-state index in [1.165, 1.54) is 7.11 Å². The highest BCUT2D eigenvalue weighted by molar-refractivity contribution is 7.99. The molecule has 0 aliphatic rings. The van der Waals surface area contributed by atoms with Gasteiger partial charge in [-0.15, -0.1) is 0 Å². The van der Waals surface area contributed by atoms with Gasteiger partial charge in [0.1, 0.15) is 0 Å². The van der Waals surface area contributed by atoms with Crippen molar-refractivity contribution in [2.24, 2.45) is 5.73 Å². The van der Waals surface area contributed by atoms with Crippen LogP contribution >= 0.6 is 11.8 Å². The summed E-state index contributed by atoms with van der Waals surface area (Å²) in [5, 5.41) is 0. The maximum Gasteiger partial charge on any atom is 0.333 e. The van der Waals surface area contributed by atoms with Crippen LogP contribution in [0.15, 0.2) is 11.6 Å². The summed E-state index contributed by atoms with van der Waals surface area (Å²) in [5.41, 5.74) is 6.52. The van der Waals surface area contributed by atoms with E-state index in [1.807, 2.05) is 13.0 Å². The SMILES string of the molecule is CCC(=CCSCC(N)CC)C(=O)OC. The van der Waals surface area contributed by atoms with Gasteiger partial charge in [0.2, 0.25) is 0 Å². The van der Waals surface area contributed by atoms with E-state index in [0.29, 0.717) is 6.42 Å². The van der Waals surface area contributed by atoms with E-state index >= 15 is 0 Å². The molecule has 4 heteroatoms. The van der Waals surface area contributed by atoms with E-state index in [9.17, 15) is 4.79 Å². The van der Waals surface area contributed by atoms with Crippen LogP contribution in [0.2, 0.25) is 0 Å². The van der Waals surface area contributed by atoms with Crippen molar-refractivity contribution in [1.82, 2.24) is 0 Å². The molecule has 0 aliphatic heterocycles. The smallest absolute Gasteiger partial charge is 0.333 e. The van der Waals surface area contributed by atoms with Crippen LogP contribution in [0, 0.1) is 0 Å². The number of esters is 1. The van der Waals surface area contributed by atoms with Gasteiger partial charge >= 0.3 is 5.97 Å². The first-order valence-electron chi connectivity index (χ1n) is 5.26. The third-order valence-electron chi connectivity index (χ3n) is 2.13. The van der Waals surface area contributed by atoms with E-state index in [2.05, 4.69) is 11.7 Å². The van der Waals surface area contributed by atoms with E-state index in [0.717, 1.165) is 23.5 Å². The molecule has 1 unspecified atom stereocenters. The van der Waals surface area contributed by atoms with Crippen LogP contribution in [0.25, 0.3) is 0 Å². The van der Waals surface area contributed by atoms with Gasteiger partial charge in [-0.05, 0) is 12.8 Å². The van der Waals surface area contributed by atoms with E-state index < -0.39 is 0 Å². The van der Waals surface area contributed by atoms with Crippen molar-refractivity contribution >= 4 is 17.7 Å². The Morgan fingerprint density at radius 3 is 2.67 bits per heavy atom. The zero-order valence-corrected chi connectivity index (χ0v) is 10.6. The molecule has 0 fully saturated rings. The normalized spacial score (nSPS) is 13.7. The Labute approximate surface area is 96.4 Å². The molecule has 0 amide bonds. The van der Waals surface area contributed by atoms with Gasteiger partial charge < -0.3 is 10.5 Å². The molecule has 2 N–H and O–H groups in total. The molecule has 0 bridgehead atoms. The molecule has 0 radical (unpaired) electrons. The summed E-state index contributed by atoms with van der Waals surface area (Å²) >= 11 is 1.75. The van der Waals surface area contributed by atoms with Gasteiger partial charge in [0, 0.05) is 23.1 Å². The molecular weight excluding hydrogens is 210 g/mol. The molecule has 1 atom stereocenters. The second-order valence-corrected chi connectivity index (χ2v) is 4.36. The number of methoxy groups -OCH3 is 1. The third kappa shape index (κ3) is 6.57. The summed E-state index contributed by atoms with van der Waals surface area (Å²) in [6.45, 7) is 4.03. The molecule has 15 heavy (non-hydrogen) atoms. The predicted molar refractivity (Wildman–Crippen MR) is 66.0 cm³/mol. The molecule has 0 heterocycles. The highest BCUT2D eigenvalue weighted by Gasteiger charge is 2.06. The number of hydrogen-bond donors (Lipinski definition) is 1. The van der Waals surface area contributed by atoms with Crippen molar-refractivity contribution < 1.29 is 9.53 Å². The average Bonchev–Trinajstić information content (AvgIpc) is 2.27. The van der Waals surface area contributed by atoms with E-state index in [1.54, 1.807) is 11.8 Å². The van der Waals surface area contributed by atoms with Gasteiger partial charge in [-0.1, -0.05) is 19.9 Å². The number of rotatable bonds is 7. The summed E-state index contributed by atoms with van der Waals surface area (Å²) < 4.78 is 4.66. The van der Waals surface area contributed by atoms with Crippen LogP contribution in [-0.4, -0.2) is 30.6 Å². The zero-order chi connectivity index (χ0) is 11.7. The highest BCUT2D eigenvalue weighted by Crippen LogP contribution is 2.09. The molecule has 0 rings (SSSR count). The first-order valence-corrected chi connectivity index (χ1v) is 6.41. The predicted octanol–water partition coefficient (Wildman–Crippen LogP) is 1.97. The van der Waals surface area contributed by atoms with Gasteiger partial charge in [0.05, 0.1) is 7.11 Å². The molecule has 0 aromatic rings. The van der Waals surface area contributed by atoms with Gasteiger partial charge in [-0.3, -0.25) is 0 Å². The molecular formula is C11H21NO2S. The second-order valence-electron chi connectivity index (χ2n) is 3.28. The van der Waals surface area contributed by atoms with Crippen molar-refractivity contribution in [1.29, 1.82) is 0 Å². The van der Waals surface area contributed by atoms with E-state index in [4.69, 9.17) is 5.73 Å². The fraction of sp³-hybridized carbons (Fsp3) is 0.727. The Bertz CT molecular complexity index is 217. The number of carbonyl (C=O) groups excluding carboxylic acids is 1. The van der Waals surface area contributed by atoms with Crippen molar-refractivity contribution in [3.05, 3.63) is 11.6 Å². The maximum absolute atomic E-state index is 11.2. The zero-order valence-electron chi connectivity index (χ0n) is 9.79. The Morgan fingerprint density at radius 2 is 2.20 bits per heavy atom. The first-order chi connectivity index (χ1) is 7.15.